The Hall–Kier alpha value is -2.18. The van der Waals surface area contributed by atoms with E-state index in [9.17, 15) is 4.79 Å². The second-order valence-corrected chi connectivity index (χ2v) is 7.71. The number of rotatable bonds is 7. The molecule has 4 nitrogen and oxygen atoms in total. The number of amides is 1. The lowest BCUT2D eigenvalue weighted by Gasteiger charge is -2.04. The molecular formula is C19H19N3OS2. The van der Waals surface area contributed by atoms with E-state index in [0.29, 0.717) is 13.0 Å². The van der Waals surface area contributed by atoms with Crippen molar-refractivity contribution < 1.29 is 4.79 Å². The summed E-state index contributed by atoms with van der Waals surface area (Å²) in [6.07, 6.45) is 4.06. The molecule has 1 N–H and O–H groups in total. The second kappa shape index (κ2) is 8.78. The van der Waals surface area contributed by atoms with E-state index >= 15 is 0 Å². The zero-order chi connectivity index (χ0) is 17.5. The number of pyridine rings is 1. The highest BCUT2D eigenvalue weighted by Gasteiger charge is 2.10. The molecule has 128 valence electrons. The maximum atomic E-state index is 12.0. The van der Waals surface area contributed by atoms with E-state index in [0.717, 1.165) is 26.9 Å². The van der Waals surface area contributed by atoms with Crippen LogP contribution in [0, 0.1) is 6.92 Å². The summed E-state index contributed by atoms with van der Waals surface area (Å²) >= 11 is 3.30. The predicted molar refractivity (Wildman–Crippen MR) is 104 cm³/mol. The fraction of sp³-hybridized carbons (Fsp3) is 0.211. The summed E-state index contributed by atoms with van der Waals surface area (Å²) in [5.74, 6) is 0.845. The van der Waals surface area contributed by atoms with Crippen LogP contribution < -0.4 is 5.32 Å². The minimum Gasteiger partial charge on any atom is -0.351 e. The first-order valence-electron chi connectivity index (χ1n) is 8.03. The summed E-state index contributed by atoms with van der Waals surface area (Å²) in [5.41, 5.74) is 1.97. The molecule has 0 saturated heterocycles. The number of benzene rings is 1. The number of carbonyl (C=O) groups excluding carboxylic acids is 1. The monoisotopic (exact) mass is 369 g/mol. The van der Waals surface area contributed by atoms with Crippen LogP contribution in [-0.2, 0) is 11.3 Å². The van der Waals surface area contributed by atoms with Gasteiger partial charge in [0.15, 0.2) is 0 Å². The van der Waals surface area contributed by atoms with Crippen molar-refractivity contribution in [2.24, 2.45) is 0 Å². The van der Waals surface area contributed by atoms with E-state index in [1.165, 1.54) is 4.90 Å². The highest BCUT2D eigenvalue weighted by Crippen LogP contribution is 2.27. The standard InChI is InChI=1S/C19H19N3OS2/c1-14-17(25-19(22-14)15-6-5-10-20-12-15)13-21-18(23)9-11-24-16-7-3-2-4-8-16/h2-8,10,12H,9,11,13H2,1H3,(H,21,23). The van der Waals surface area contributed by atoms with Gasteiger partial charge in [0.25, 0.3) is 0 Å². The molecule has 0 saturated carbocycles. The van der Waals surface area contributed by atoms with Crippen molar-refractivity contribution in [2.45, 2.75) is 24.8 Å². The quantitative estimate of drug-likeness (QED) is 0.631. The van der Waals surface area contributed by atoms with Crippen LogP contribution in [0.3, 0.4) is 0 Å². The summed E-state index contributed by atoms with van der Waals surface area (Å²) in [5, 5.41) is 3.93. The van der Waals surface area contributed by atoms with E-state index in [4.69, 9.17) is 0 Å². The summed E-state index contributed by atoms with van der Waals surface area (Å²) < 4.78 is 0. The SMILES string of the molecule is Cc1nc(-c2cccnc2)sc1CNC(=O)CCSc1ccccc1. The number of thioether (sulfide) groups is 1. The zero-order valence-corrected chi connectivity index (χ0v) is 15.6. The first-order valence-corrected chi connectivity index (χ1v) is 9.84. The lowest BCUT2D eigenvalue weighted by Crippen LogP contribution is -2.22. The lowest BCUT2D eigenvalue weighted by atomic mass is 10.3. The molecular weight excluding hydrogens is 350 g/mol. The van der Waals surface area contributed by atoms with Gasteiger partial charge in [-0.3, -0.25) is 9.78 Å². The van der Waals surface area contributed by atoms with E-state index < -0.39 is 0 Å². The number of thiazole rings is 1. The van der Waals surface area contributed by atoms with Gasteiger partial charge in [0.2, 0.25) is 5.91 Å². The largest absolute Gasteiger partial charge is 0.351 e. The highest BCUT2D eigenvalue weighted by molar-refractivity contribution is 7.99. The van der Waals surface area contributed by atoms with Crippen LogP contribution >= 0.6 is 23.1 Å². The molecule has 6 heteroatoms. The molecule has 2 aromatic heterocycles. The fourth-order valence-corrected chi connectivity index (χ4v) is 4.12. The van der Waals surface area contributed by atoms with Crippen LogP contribution in [0.5, 0.6) is 0 Å². The molecule has 0 spiro atoms. The molecule has 1 amide bonds. The Morgan fingerprint density at radius 3 is 2.80 bits per heavy atom. The molecule has 25 heavy (non-hydrogen) atoms. The van der Waals surface area contributed by atoms with Gasteiger partial charge in [-0.25, -0.2) is 4.98 Å². The highest BCUT2D eigenvalue weighted by atomic mass is 32.2. The third-order valence-electron chi connectivity index (χ3n) is 3.59. The van der Waals surface area contributed by atoms with Crippen LogP contribution in [0.25, 0.3) is 10.6 Å². The molecule has 2 heterocycles. The van der Waals surface area contributed by atoms with E-state index in [2.05, 4.69) is 27.4 Å². The lowest BCUT2D eigenvalue weighted by molar-refractivity contribution is -0.120. The Morgan fingerprint density at radius 1 is 1.20 bits per heavy atom. The molecule has 1 aromatic carbocycles. The first kappa shape index (κ1) is 17.6. The average Bonchev–Trinajstić information content (AvgIpc) is 3.02. The van der Waals surface area contributed by atoms with Crippen molar-refractivity contribution in [2.75, 3.05) is 5.75 Å². The van der Waals surface area contributed by atoms with Gasteiger partial charge < -0.3 is 5.32 Å². The predicted octanol–water partition coefficient (Wildman–Crippen LogP) is 4.31. The molecule has 3 rings (SSSR count). The normalized spacial score (nSPS) is 10.6. The van der Waals surface area contributed by atoms with Crippen LogP contribution in [0.2, 0.25) is 0 Å². The topological polar surface area (TPSA) is 54.9 Å². The summed E-state index contributed by atoms with van der Waals surface area (Å²) in [7, 11) is 0. The zero-order valence-electron chi connectivity index (χ0n) is 13.9. The van der Waals surface area contributed by atoms with Crippen molar-refractivity contribution in [1.82, 2.24) is 15.3 Å². The number of nitrogens with zero attached hydrogens (tertiary/aromatic N) is 2. The molecule has 0 aliphatic rings. The van der Waals surface area contributed by atoms with Crippen molar-refractivity contribution in [3.63, 3.8) is 0 Å². The van der Waals surface area contributed by atoms with Gasteiger partial charge in [0.05, 0.1) is 12.2 Å². The Morgan fingerprint density at radius 2 is 2.04 bits per heavy atom. The molecule has 0 fully saturated rings. The average molecular weight is 370 g/mol. The van der Waals surface area contributed by atoms with Gasteiger partial charge >= 0.3 is 0 Å². The van der Waals surface area contributed by atoms with E-state index in [1.807, 2.05) is 37.3 Å². The molecule has 0 unspecified atom stereocenters. The second-order valence-electron chi connectivity index (χ2n) is 5.46. The molecule has 0 aliphatic carbocycles. The van der Waals surface area contributed by atoms with Gasteiger partial charge in [0, 0.05) is 39.9 Å². The van der Waals surface area contributed by atoms with Crippen LogP contribution in [0.1, 0.15) is 17.0 Å². The molecule has 0 aliphatic heterocycles. The number of nitrogens with one attached hydrogen (secondary N) is 1. The Kier molecular flexibility index (Phi) is 6.19. The maximum absolute atomic E-state index is 12.0. The maximum Gasteiger partial charge on any atom is 0.221 e. The van der Waals surface area contributed by atoms with Crippen LogP contribution in [-0.4, -0.2) is 21.6 Å². The van der Waals surface area contributed by atoms with Crippen LogP contribution in [0.15, 0.2) is 59.8 Å². The van der Waals surface area contributed by atoms with Gasteiger partial charge in [-0.15, -0.1) is 23.1 Å². The van der Waals surface area contributed by atoms with Crippen molar-refractivity contribution in [3.8, 4) is 10.6 Å². The summed E-state index contributed by atoms with van der Waals surface area (Å²) in [6, 6.07) is 14.0. The van der Waals surface area contributed by atoms with Crippen molar-refractivity contribution >= 4 is 29.0 Å². The smallest absolute Gasteiger partial charge is 0.221 e. The third-order valence-corrected chi connectivity index (χ3v) is 5.81. The van der Waals surface area contributed by atoms with Crippen molar-refractivity contribution in [1.29, 1.82) is 0 Å². The number of aromatic nitrogens is 2. The minimum atomic E-state index is 0.0687. The van der Waals surface area contributed by atoms with Gasteiger partial charge in [-0.05, 0) is 31.2 Å². The summed E-state index contributed by atoms with van der Waals surface area (Å²) in [4.78, 5) is 23.0. The molecule has 3 aromatic rings. The first-order chi connectivity index (χ1) is 12.2. The molecule has 0 radical (unpaired) electrons. The van der Waals surface area contributed by atoms with Gasteiger partial charge in [-0.2, -0.15) is 0 Å². The van der Waals surface area contributed by atoms with Crippen molar-refractivity contribution in [3.05, 3.63) is 65.4 Å². The minimum absolute atomic E-state index is 0.0687. The Balaban J connectivity index is 1.48. The molecule has 0 atom stereocenters. The number of hydrogen-bond donors (Lipinski definition) is 1. The van der Waals surface area contributed by atoms with E-state index in [1.54, 1.807) is 35.5 Å². The van der Waals surface area contributed by atoms with E-state index in [-0.39, 0.29) is 5.91 Å². The number of hydrogen-bond acceptors (Lipinski definition) is 5. The van der Waals surface area contributed by atoms with Crippen LogP contribution in [0.4, 0.5) is 0 Å². The third kappa shape index (κ3) is 5.14. The Labute approximate surface area is 155 Å². The fourth-order valence-electron chi connectivity index (χ4n) is 2.25. The summed E-state index contributed by atoms with van der Waals surface area (Å²) in [6.45, 7) is 2.50. The van der Waals surface area contributed by atoms with Gasteiger partial charge in [0.1, 0.15) is 5.01 Å². The Bertz CT molecular complexity index is 819. The van der Waals surface area contributed by atoms with Gasteiger partial charge in [-0.1, -0.05) is 18.2 Å². The molecule has 0 bridgehead atoms. The number of carbonyl (C=O) groups is 1. The number of aryl methyl sites for hydroxylation is 1.